The minimum absolute atomic E-state index is 0.175. The fourth-order valence-electron chi connectivity index (χ4n) is 4.71. The van der Waals surface area contributed by atoms with Gasteiger partial charge in [-0.05, 0) is 66.9 Å². The lowest BCUT2D eigenvalue weighted by molar-refractivity contribution is -0.138. The van der Waals surface area contributed by atoms with Crippen molar-refractivity contribution in [1.82, 2.24) is 19.7 Å². The molecule has 8 nitrogen and oxygen atoms in total. The molecular formula is C25H28ClN5O3S. The molecule has 5 rings (SSSR count). The van der Waals surface area contributed by atoms with Gasteiger partial charge in [0.1, 0.15) is 0 Å². The Labute approximate surface area is 210 Å². The summed E-state index contributed by atoms with van der Waals surface area (Å²) in [4.78, 5) is 19.6. The van der Waals surface area contributed by atoms with Crippen molar-refractivity contribution in [2.24, 2.45) is 0 Å². The smallest absolute Gasteiger partial charge is 0.252 e. The van der Waals surface area contributed by atoms with Crippen molar-refractivity contribution < 1.29 is 13.2 Å². The molecule has 0 radical (unpaired) electrons. The molecule has 2 saturated heterocycles. The van der Waals surface area contributed by atoms with Crippen molar-refractivity contribution in [2.45, 2.75) is 30.7 Å². The molecule has 35 heavy (non-hydrogen) atoms. The summed E-state index contributed by atoms with van der Waals surface area (Å²) in [6.45, 7) is 4.13. The van der Waals surface area contributed by atoms with Crippen LogP contribution < -0.4 is 10.3 Å². The Morgan fingerprint density at radius 3 is 2.46 bits per heavy atom. The highest BCUT2D eigenvalue weighted by Crippen LogP contribution is 2.25. The summed E-state index contributed by atoms with van der Waals surface area (Å²) in [6, 6.07) is 14.6. The molecule has 184 valence electrons. The van der Waals surface area contributed by atoms with Gasteiger partial charge < -0.3 is 4.90 Å². The van der Waals surface area contributed by atoms with E-state index in [4.69, 9.17) is 11.6 Å². The zero-order valence-electron chi connectivity index (χ0n) is 19.5. The number of piperazine rings is 1. The number of sulfonamides is 1. The quantitative estimate of drug-likeness (QED) is 0.564. The Bertz CT molecular complexity index is 1360. The highest BCUT2D eigenvalue weighted by molar-refractivity contribution is 7.89. The molecule has 1 N–H and O–H groups in total. The van der Waals surface area contributed by atoms with Gasteiger partial charge in [-0.3, -0.25) is 14.8 Å². The van der Waals surface area contributed by atoms with Gasteiger partial charge in [-0.2, -0.15) is 4.31 Å². The van der Waals surface area contributed by atoms with Crippen LogP contribution in [-0.2, 0) is 14.8 Å². The second-order valence-electron chi connectivity index (χ2n) is 9.08. The van der Waals surface area contributed by atoms with E-state index in [2.05, 4.69) is 21.4 Å². The number of amides is 1. The number of nitrogens with zero attached hydrogens (tertiary/aromatic N) is 4. The first-order valence-electron chi connectivity index (χ1n) is 11.7. The maximum absolute atomic E-state index is 13.2. The van der Waals surface area contributed by atoms with E-state index in [0.29, 0.717) is 11.6 Å². The van der Waals surface area contributed by atoms with Crippen LogP contribution in [0.3, 0.4) is 0 Å². The molecule has 0 spiro atoms. The first-order chi connectivity index (χ1) is 16.8. The number of rotatable bonds is 5. The van der Waals surface area contributed by atoms with Crippen LogP contribution in [0.2, 0.25) is 5.02 Å². The normalized spacial score (nSPS) is 18.4. The van der Waals surface area contributed by atoms with Gasteiger partial charge in [-0.1, -0.05) is 23.7 Å². The molecular weight excluding hydrogens is 486 g/mol. The number of hydrazine groups is 1. The highest BCUT2D eigenvalue weighted by Gasteiger charge is 2.34. The van der Waals surface area contributed by atoms with Crippen molar-refractivity contribution in [3.63, 3.8) is 0 Å². The minimum atomic E-state index is -3.78. The Hall–Kier alpha value is -2.72. The number of hydrogen-bond acceptors (Lipinski definition) is 6. The van der Waals surface area contributed by atoms with Crippen molar-refractivity contribution in [2.75, 3.05) is 37.6 Å². The third-order valence-corrected chi connectivity index (χ3v) is 8.75. The van der Waals surface area contributed by atoms with Gasteiger partial charge in [0.15, 0.2) is 0 Å². The molecule has 3 heterocycles. The van der Waals surface area contributed by atoms with Gasteiger partial charge in [0, 0.05) is 48.3 Å². The van der Waals surface area contributed by atoms with Gasteiger partial charge in [0.25, 0.3) is 5.91 Å². The lowest BCUT2D eigenvalue weighted by Gasteiger charge is -2.39. The summed E-state index contributed by atoms with van der Waals surface area (Å²) >= 11 is 6.03. The van der Waals surface area contributed by atoms with Crippen molar-refractivity contribution in [1.29, 1.82) is 0 Å². The standard InChI is InChI=1S/C25H28ClN5O3S/c1-18-14-23(6-9-27-18)29-10-7-22(8-11-29)28-31-13-12-30(17-25(31)32)35(33,34)24-5-3-19-15-21(26)4-2-20(19)16-24/h2-6,9,14-16,22,28H,7-8,10-13,17H2,1H3. The van der Waals surface area contributed by atoms with Crippen LogP contribution in [0, 0.1) is 6.92 Å². The number of pyridine rings is 1. The summed E-state index contributed by atoms with van der Waals surface area (Å²) < 4.78 is 27.7. The first kappa shape index (κ1) is 24.0. The number of piperidine rings is 1. The van der Waals surface area contributed by atoms with Gasteiger partial charge in [-0.25, -0.2) is 13.8 Å². The fourth-order valence-corrected chi connectivity index (χ4v) is 6.31. The van der Waals surface area contributed by atoms with E-state index in [1.54, 1.807) is 41.4 Å². The molecule has 2 fully saturated rings. The van der Waals surface area contributed by atoms with Crippen molar-refractivity contribution in [3.05, 3.63) is 65.4 Å². The Kier molecular flexibility index (Phi) is 6.67. The summed E-state index contributed by atoms with van der Waals surface area (Å²) in [5.41, 5.74) is 5.51. The van der Waals surface area contributed by atoms with Crippen LogP contribution in [-0.4, -0.2) is 67.4 Å². The summed E-state index contributed by atoms with van der Waals surface area (Å²) in [6.07, 6.45) is 3.62. The summed E-state index contributed by atoms with van der Waals surface area (Å²) in [5.74, 6) is -0.236. The number of carbonyl (C=O) groups excluding carboxylic acids is 1. The van der Waals surface area contributed by atoms with Crippen molar-refractivity contribution in [3.8, 4) is 0 Å². The number of halogens is 1. The molecule has 10 heteroatoms. The van der Waals surface area contributed by atoms with Crippen LogP contribution in [0.4, 0.5) is 5.69 Å². The number of aromatic nitrogens is 1. The number of aryl methyl sites for hydroxylation is 1. The maximum atomic E-state index is 13.2. The SMILES string of the molecule is Cc1cc(N2CCC(NN3CCN(S(=O)(=O)c4ccc5cc(Cl)ccc5c4)CC3=O)CC2)ccn1. The monoisotopic (exact) mass is 513 g/mol. The number of fused-ring (bicyclic) bond motifs is 1. The van der Waals surface area contributed by atoms with Crippen LogP contribution in [0.15, 0.2) is 59.6 Å². The average molecular weight is 514 g/mol. The largest absolute Gasteiger partial charge is 0.371 e. The van der Waals surface area contributed by atoms with E-state index >= 15 is 0 Å². The number of benzene rings is 2. The molecule has 2 aliphatic rings. The molecule has 0 saturated carbocycles. The Balaban J connectivity index is 1.19. The second-order valence-corrected chi connectivity index (χ2v) is 11.5. The van der Waals surface area contributed by atoms with Gasteiger partial charge >= 0.3 is 0 Å². The van der Waals surface area contributed by atoms with Crippen LogP contribution in [0.1, 0.15) is 18.5 Å². The number of hydrogen-bond donors (Lipinski definition) is 1. The van der Waals surface area contributed by atoms with E-state index in [1.807, 2.05) is 19.2 Å². The molecule has 1 aromatic heterocycles. The molecule has 1 amide bonds. The zero-order valence-corrected chi connectivity index (χ0v) is 21.1. The minimum Gasteiger partial charge on any atom is -0.371 e. The molecule has 0 unspecified atom stereocenters. The van der Waals surface area contributed by atoms with E-state index < -0.39 is 10.0 Å². The maximum Gasteiger partial charge on any atom is 0.252 e. The van der Waals surface area contributed by atoms with E-state index in [0.717, 1.165) is 42.4 Å². The Morgan fingerprint density at radius 1 is 0.971 bits per heavy atom. The second kappa shape index (κ2) is 9.73. The van der Waals surface area contributed by atoms with Gasteiger partial charge in [0.05, 0.1) is 18.0 Å². The van der Waals surface area contributed by atoms with Crippen LogP contribution in [0.5, 0.6) is 0 Å². The lowest BCUT2D eigenvalue weighted by atomic mass is 10.0. The van der Waals surface area contributed by atoms with Crippen molar-refractivity contribution >= 4 is 44.0 Å². The lowest BCUT2D eigenvalue weighted by Crippen LogP contribution is -2.60. The number of carbonyl (C=O) groups is 1. The molecule has 2 aliphatic heterocycles. The van der Waals surface area contributed by atoms with Crippen LogP contribution in [0.25, 0.3) is 10.8 Å². The van der Waals surface area contributed by atoms with E-state index in [9.17, 15) is 13.2 Å². The first-order valence-corrected chi connectivity index (χ1v) is 13.5. The number of anilines is 1. The third kappa shape index (κ3) is 5.13. The summed E-state index contributed by atoms with van der Waals surface area (Å²) in [5, 5.41) is 3.84. The fraction of sp³-hybridized carbons (Fsp3) is 0.360. The van der Waals surface area contributed by atoms with Crippen LogP contribution >= 0.6 is 11.6 Å². The predicted octanol–water partition coefficient (Wildman–Crippen LogP) is 3.20. The highest BCUT2D eigenvalue weighted by atomic mass is 35.5. The molecule has 3 aromatic rings. The summed E-state index contributed by atoms with van der Waals surface area (Å²) in [7, 11) is -3.78. The number of nitrogens with one attached hydrogen (secondary N) is 1. The van der Waals surface area contributed by atoms with E-state index in [1.165, 1.54) is 9.99 Å². The zero-order chi connectivity index (χ0) is 24.6. The average Bonchev–Trinajstić information content (AvgIpc) is 2.85. The molecule has 0 bridgehead atoms. The van der Waals surface area contributed by atoms with E-state index in [-0.39, 0.29) is 29.9 Å². The molecule has 2 aromatic carbocycles. The predicted molar refractivity (Wildman–Crippen MR) is 137 cm³/mol. The third-order valence-electron chi connectivity index (χ3n) is 6.68. The molecule has 0 atom stereocenters. The topological polar surface area (TPSA) is 85.9 Å². The van der Waals surface area contributed by atoms with Gasteiger partial charge in [-0.15, -0.1) is 0 Å². The van der Waals surface area contributed by atoms with Gasteiger partial charge in [0.2, 0.25) is 10.0 Å². The molecule has 0 aliphatic carbocycles. The Morgan fingerprint density at radius 2 is 1.71 bits per heavy atom.